The molecule has 0 bridgehead atoms. The van der Waals surface area contributed by atoms with Crippen molar-refractivity contribution in [2.75, 3.05) is 5.32 Å². The van der Waals surface area contributed by atoms with Crippen LogP contribution in [0.5, 0.6) is 0 Å². The zero-order valence-electron chi connectivity index (χ0n) is 11.0. The third-order valence-electron chi connectivity index (χ3n) is 3.20. The highest BCUT2D eigenvalue weighted by Gasteiger charge is 2.07. The number of fused-ring (bicyclic) bond motifs is 1. The number of anilines is 1. The zero-order chi connectivity index (χ0) is 14.8. The van der Waals surface area contributed by atoms with Gasteiger partial charge < -0.3 is 10.3 Å². The molecule has 0 aliphatic heterocycles. The van der Waals surface area contributed by atoms with Gasteiger partial charge in [0.15, 0.2) is 11.6 Å². The molecular formula is C16H11F2N3. The SMILES string of the molecule is N#Cc1cccc(CNc2cc3cc(F)c(F)cc3[nH]2)c1. The second-order valence-corrected chi connectivity index (χ2v) is 4.70. The van der Waals surface area contributed by atoms with E-state index in [0.717, 1.165) is 17.7 Å². The Balaban J connectivity index is 1.80. The van der Waals surface area contributed by atoms with Gasteiger partial charge in [-0.05, 0) is 29.8 Å². The van der Waals surface area contributed by atoms with Crippen molar-refractivity contribution in [3.05, 3.63) is 65.2 Å². The summed E-state index contributed by atoms with van der Waals surface area (Å²) in [5, 5.41) is 12.6. The first-order valence-electron chi connectivity index (χ1n) is 6.36. The molecule has 1 heterocycles. The summed E-state index contributed by atoms with van der Waals surface area (Å²) in [5.41, 5.74) is 2.07. The van der Waals surface area contributed by atoms with Crippen LogP contribution in [0, 0.1) is 23.0 Å². The van der Waals surface area contributed by atoms with Crippen LogP contribution in [0.4, 0.5) is 14.6 Å². The Morgan fingerprint density at radius 3 is 2.71 bits per heavy atom. The highest BCUT2D eigenvalue weighted by atomic mass is 19.2. The largest absolute Gasteiger partial charge is 0.368 e. The molecule has 0 saturated carbocycles. The lowest BCUT2D eigenvalue weighted by Gasteiger charge is -2.04. The third kappa shape index (κ3) is 2.70. The van der Waals surface area contributed by atoms with Gasteiger partial charge in [-0.3, -0.25) is 0 Å². The molecule has 0 amide bonds. The lowest BCUT2D eigenvalue weighted by atomic mass is 10.1. The summed E-state index contributed by atoms with van der Waals surface area (Å²) in [4.78, 5) is 2.98. The molecule has 0 aliphatic carbocycles. The maximum absolute atomic E-state index is 13.2. The standard InChI is InChI=1S/C16H11F2N3/c17-13-5-12-6-16(21-15(12)7-14(13)18)20-9-11-3-1-2-10(4-11)8-19/h1-7,20-21H,9H2. The number of nitrogens with zero attached hydrogens (tertiary/aromatic N) is 1. The van der Waals surface area contributed by atoms with Crippen LogP contribution in [0.1, 0.15) is 11.1 Å². The Hall–Kier alpha value is -2.87. The molecule has 2 N–H and O–H groups in total. The minimum absolute atomic E-state index is 0.507. The van der Waals surface area contributed by atoms with E-state index < -0.39 is 11.6 Å². The molecule has 104 valence electrons. The van der Waals surface area contributed by atoms with Crippen LogP contribution in [-0.4, -0.2) is 4.98 Å². The minimum atomic E-state index is -0.877. The number of hydrogen-bond acceptors (Lipinski definition) is 2. The van der Waals surface area contributed by atoms with Crippen molar-refractivity contribution < 1.29 is 8.78 Å². The fourth-order valence-electron chi connectivity index (χ4n) is 2.17. The van der Waals surface area contributed by atoms with Crippen LogP contribution in [-0.2, 0) is 6.54 Å². The maximum atomic E-state index is 13.2. The summed E-state index contributed by atoms with van der Waals surface area (Å²) in [6.07, 6.45) is 0. The topological polar surface area (TPSA) is 51.6 Å². The smallest absolute Gasteiger partial charge is 0.160 e. The Bertz CT molecular complexity index is 807. The minimum Gasteiger partial charge on any atom is -0.368 e. The van der Waals surface area contributed by atoms with Gasteiger partial charge in [0.05, 0.1) is 17.1 Å². The molecule has 0 radical (unpaired) electrons. The first kappa shape index (κ1) is 13.1. The summed E-state index contributed by atoms with van der Waals surface area (Å²) < 4.78 is 26.3. The predicted molar refractivity (Wildman–Crippen MR) is 76.7 cm³/mol. The predicted octanol–water partition coefficient (Wildman–Crippen LogP) is 3.93. The fraction of sp³-hybridized carbons (Fsp3) is 0.0625. The van der Waals surface area contributed by atoms with Gasteiger partial charge in [0.2, 0.25) is 0 Å². The van der Waals surface area contributed by atoms with Gasteiger partial charge in [-0.1, -0.05) is 12.1 Å². The van der Waals surface area contributed by atoms with E-state index in [-0.39, 0.29) is 0 Å². The molecule has 21 heavy (non-hydrogen) atoms. The average molecular weight is 283 g/mol. The summed E-state index contributed by atoms with van der Waals surface area (Å²) in [6, 6.07) is 13.3. The van der Waals surface area contributed by atoms with Crippen molar-refractivity contribution in [1.82, 2.24) is 4.98 Å². The van der Waals surface area contributed by atoms with Gasteiger partial charge in [0.1, 0.15) is 5.82 Å². The molecule has 0 unspecified atom stereocenters. The monoisotopic (exact) mass is 283 g/mol. The Morgan fingerprint density at radius 1 is 1.10 bits per heavy atom. The molecule has 1 aromatic heterocycles. The number of nitriles is 1. The van der Waals surface area contributed by atoms with Gasteiger partial charge in [-0.2, -0.15) is 5.26 Å². The quantitative estimate of drug-likeness (QED) is 0.765. The number of H-pyrrole nitrogens is 1. The van der Waals surface area contributed by atoms with Crippen LogP contribution in [0.25, 0.3) is 10.9 Å². The van der Waals surface area contributed by atoms with Crippen LogP contribution >= 0.6 is 0 Å². The molecule has 2 aromatic carbocycles. The highest BCUT2D eigenvalue weighted by Crippen LogP contribution is 2.22. The summed E-state index contributed by atoms with van der Waals surface area (Å²) in [6.45, 7) is 0.507. The zero-order valence-corrected chi connectivity index (χ0v) is 11.0. The van der Waals surface area contributed by atoms with Crippen LogP contribution in [0.15, 0.2) is 42.5 Å². The molecule has 0 aliphatic rings. The maximum Gasteiger partial charge on any atom is 0.160 e. The number of rotatable bonds is 3. The number of halogens is 2. The molecule has 0 atom stereocenters. The van der Waals surface area contributed by atoms with Gasteiger partial charge in [-0.15, -0.1) is 0 Å². The fourth-order valence-corrected chi connectivity index (χ4v) is 2.17. The summed E-state index contributed by atoms with van der Waals surface area (Å²) in [5.74, 6) is -1.08. The van der Waals surface area contributed by atoms with E-state index in [0.29, 0.717) is 28.8 Å². The summed E-state index contributed by atoms with van der Waals surface area (Å²) in [7, 11) is 0. The normalized spacial score (nSPS) is 10.5. The number of hydrogen-bond donors (Lipinski definition) is 2. The van der Waals surface area contributed by atoms with Gasteiger partial charge in [0, 0.05) is 18.0 Å². The van der Waals surface area contributed by atoms with E-state index in [2.05, 4.69) is 16.4 Å². The molecule has 3 rings (SSSR count). The van der Waals surface area contributed by atoms with Gasteiger partial charge in [-0.25, -0.2) is 8.78 Å². The van der Waals surface area contributed by atoms with Crippen molar-refractivity contribution in [2.45, 2.75) is 6.54 Å². The first-order chi connectivity index (χ1) is 10.2. The molecule has 0 fully saturated rings. The van der Waals surface area contributed by atoms with E-state index >= 15 is 0 Å². The highest BCUT2D eigenvalue weighted by molar-refractivity contribution is 5.83. The third-order valence-corrected chi connectivity index (χ3v) is 3.20. The van der Waals surface area contributed by atoms with Crippen molar-refractivity contribution in [2.24, 2.45) is 0 Å². The van der Waals surface area contributed by atoms with Crippen molar-refractivity contribution in [1.29, 1.82) is 5.26 Å². The van der Waals surface area contributed by atoms with Crippen molar-refractivity contribution in [3.8, 4) is 6.07 Å². The first-order valence-corrected chi connectivity index (χ1v) is 6.36. The molecule has 0 spiro atoms. The van der Waals surface area contributed by atoms with Gasteiger partial charge in [0.25, 0.3) is 0 Å². The van der Waals surface area contributed by atoms with E-state index in [1.54, 1.807) is 18.2 Å². The van der Waals surface area contributed by atoms with Crippen LogP contribution in [0.3, 0.4) is 0 Å². The lowest BCUT2D eigenvalue weighted by Crippen LogP contribution is -1.99. The molecule has 5 heteroatoms. The van der Waals surface area contributed by atoms with Crippen molar-refractivity contribution >= 4 is 16.7 Å². The molecular weight excluding hydrogens is 272 g/mol. The number of nitrogens with one attached hydrogen (secondary N) is 2. The second kappa shape index (κ2) is 5.25. The second-order valence-electron chi connectivity index (χ2n) is 4.70. The Labute approximate surface area is 119 Å². The summed E-state index contributed by atoms with van der Waals surface area (Å²) >= 11 is 0. The van der Waals surface area contributed by atoms with E-state index in [1.165, 1.54) is 0 Å². The van der Waals surface area contributed by atoms with Crippen LogP contribution < -0.4 is 5.32 Å². The van der Waals surface area contributed by atoms with E-state index in [4.69, 9.17) is 5.26 Å². The van der Waals surface area contributed by atoms with Crippen molar-refractivity contribution in [3.63, 3.8) is 0 Å². The Morgan fingerprint density at radius 2 is 1.90 bits per heavy atom. The lowest BCUT2D eigenvalue weighted by molar-refractivity contribution is 0.511. The molecule has 0 saturated heterocycles. The average Bonchev–Trinajstić information content (AvgIpc) is 2.87. The van der Waals surface area contributed by atoms with Crippen LogP contribution in [0.2, 0.25) is 0 Å². The van der Waals surface area contributed by atoms with E-state index in [1.807, 2.05) is 12.1 Å². The number of benzene rings is 2. The number of aromatic amines is 1. The van der Waals surface area contributed by atoms with Gasteiger partial charge >= 0.3 is 0 Å². The Kier molecular flexibility index (Phi) is 3.28. The van der Waals surface area contributed by atoms with E-state index in [9.17, 15) is 8.78 Å². The molecule has 3 nitrogen and oxygen atoms in total. The number of aromatic nitrogens is 1. The molecule has 3 aromatic rings.